The molecule has 2 fully saturated rings. The molecule has 2 aromatic rings. The van der Waals surface area contributed by atoms with Crippen molar-refractivity contribution in [2.45, 2.75) is 25.7 Å². The minimum Gasteiger partial charge on any atom is -0.481 e. The molecule has 0 heterocycles. The highest BCUT2D eigenvalue weighted by molar-refractivity contribution is 5.96. The van der Waals surface area contributed by atoms with Crippen molar-refractivity contribution in [3.05, 3.63) is 59.7 Å². The maximum Gasteiger partial charge on any atom is 0.307 e. The van der Waals surface area contributed by atoms with E-state index in [0.29, 0.717) is 22.5 Å². The topological polar surface area (TPSA) is 133 Å². The molecule has 0 saturated heterocycles. The molecule has 0 spiro atoms. The third-order valence-corrected chi connectivity index (χ3v) is 7.81. The van der Waals surface area contributed by atoms with Gasteiger partial charge in [0, 0.05) is 22.5 Å². The van der Waals surface area contributed by atoms with E-state index in [9.17, 15) is 29.4 Å². The molecule has 4 N–H and O–H groups in total. The molecule has 8 heteroatoms. The first-order valence-electron chi connectivity index (χ1n) is 12.4. The first-order chi connectivity index (χ1) is 18.2. The number of carbonyl (C=O) groups excluding carboxylic acids is 2. The Morgan fingerprint density at radius 3 is 1.21 bits per heavy atom. The van der Waals surface area contributed by atoms with Crippen LogP contribution in [0.3, 0.4) is 0 Å². The summed E-state index contributed by atoms with van der Waals surface area (Å²) in [5, 5.41) is 25.4. The zero-order chi connectivity index (χ0) is 27.4. The molecule has 0 aliphatic heterocycles. The summed E-state index contributed by atoms with van der Waals surface area (Å²) < 4.78 is 0. The Morgan fingerprint density at radius 1 is 0.605 bits per heavy atom. The lowest BCUT2D eigenvalue weighted by molar-refractivity contribution is -0.156. The molecular formula is C30H28N2O6. The predicted molar refractivity (Wildman–Crippen MR) is 141 cm³/mol. The van der Waals surface area contributed by atoms with E-state index in [-0.39, 0.29) is 37.5 Å². The fourth-order valence-electron chi connectivity index (χ4n) is 5.82. The minimum absolute atomic E-state index is 0.190. The Kier molecular flexibility index (Phi) is 7.83. The fraction of sp³-hybridized carbons (Fsp3) is 0.333. The van der Waals surface area contributed by atoms with Gasteiger partial charge in [0.2, 0.25) is 11.8 Å². The van der Waals surface area contributed by atoms with Crippen LogP contribution >= 0.6 is 0 Å². The number of benzene rings is 2. The first-order valence-corrected chi connectivity index (χ1v) is 12.4. The molecule has 6 atom stereocenters. The highest BCUT2D eigenvalue weighted by Gasteiger charge is 2.50. The maximum atomic E-state index is 13.1. The monoisotopic (exact) mass is 512 g/mol. The van der Waals surface area contributed by atoms with E-state index in [0.717, 1.165) is 0 Å². The van der Waals surface area contributed by atoms with Crippen LogP contribution in [0.15, 0.2) is 48.5 Å². The molecule has 6 unspecified atom stereocenters. The highest BCUT2D eigenvalue weighted by Crippen LogP contribution is 2.49. The average molecular weight is 513 g/mol. The lowest BCUT2D eigenvalue weighted by Gasteiger charge is -2.45. The van der Waals surface area contributed by atoms with E-state index < -0.39 is 47.4 Å². The van der Waals surface area contributed by atoms with Crippen LogP contribution < -0.4 is 10.6 Å². The Hall–Kier alpha value is -4.56. The summed E-state index contributed by atoms with van der Waals surface area (Å²) in [5.41, 5.74) is 2.30. The van der Waals surface area contributed by atoms with E-state index in [1.54, 1.807) is 48.5 Å². The van der Waals surface area contributed by atoms with Crippen molar-refractivity contribution in [1.29, 1.82) is 0 Å². The normalized spacial score (nSPS) is 26.1. The summed E-state index contributed by atoms with van der Waals surface area (Å²) >= 11 is 0. The SMILES string of the molecule is C#Cc1ccc(NC(=O)C2CC3CC(C(=O)O)C(C(=O)Nc4ccc(C#C)cc4)CC3CC2C(=O)O)cc1. The number of anilines is 2. The van der Waals surface area contributed by atoms with Crippen molar-refractivity contribution in [1.82, 2.24) is 0 Å². The summed E-state index contributed by atoms with van der Waals surface area (Å²) in [6, 6.07) is 13.3. The molecule has 4 rings (SSSR count). The van der Waals surface area contributed by atoms with E-state index >= 15 is 0 Å². The van der Waals surface area contributed by atoms with Gasteiger partial charge in [0.05, 0.1) is 23.7 Å². The maximum absolute atomic E-state index is 13.1. The zero-order valence-electron chi connectivity index (χ0n) is 20.6. The van der Waals surface area contributed by atoms with E-state index in [4.69, 9.17) is 12.8 Å². The van der Waals surface area contributed by atoms with E-state index in [1.807, 2.05) is 0 Å². The fourth-order valence-corrected chi connectivity index (χ4v) is 5.82. The van der Waals surface area contributed by atoms with Crippen LogP contribution in [-0.2, 0) is 19.2 Å². The van der Waals surface area contributed by atoms with Crippen LogP contribution in [0.1, 0.15) is 36.8 Å². The first kappa shape index (κ1) is 26.5. The van der Waals surface area contributed by atoms with Crippen molar-refractivity contribution in [2.75, 3.05) is 10.6 Å². The number of fused-ring (bicyclic) bond motifs is 1. The van der Waals surface area contributed by atoms with Gasteiger partial charge in [-0.05, 0) is 86.1 Å². The number of hydrogen-bond donors (Lipinski definition) is 4. The van der Waals surface area contributed by atoms with Crippen LogP contribution in [0.2, 0.25) is 0 Å². The Bertz CT molecular complexity index is 1210. The number of hydrogen-bond acceptors (Lipinski definition) is 4. The summed E-state index contributed by atoms with van der Waals surface area (Å²) in [5.74, 6) is -1.94. The summed E-state index contributed by atoms with van der Waals surface area (Å²) in [7, 11) is 0. The second kappa shape index (κ2) is 11.2. The molecule has 2 aliphatic rings. The smallest absolute Gasteiger partial charge is 0.307 e. The Labute approximate surface area is 220 Å². The molecular weight excluding hydrogens is 484 g/mol. The average Bonchev–Trinajstić information content (AvgIpc) is 2.92. The zero-order valence-corrected chi connectivity index (χ0v) is 20.6. The number of carboxylic acid groups (broad SMARTS) is 2. The van der Waals surface area contributed by atoms with Gasteiger partial charge in [-0.3, -0.25) is 19.2 Å². The number of carboxylic acids is 2. The predicted octanol–water partition coefficient (Wildman–Crippen LogP) is 3.68. The van der Waals surface area contributed by atoms with Gasteiger partial charge in [-0.2, -0.15) is 0 Å². The molecule has 2 saturated carbocycles. The molecule has 8 nitrogen and oxygen atoms in total. The van der Waals surface area contributed by atoms with Gasteiger partial charge in [0.1, 0.15) is 0 Å². The van der Waals surface area contributed by atoms with Gasteiger partial charge < -0.3 is 20.8 Å². The van der Waals surface area contributed by atoms with E-state index in [1.165, 1.54) is 0 Å². The Morgan fingerprint density at radius 2 is 0.921 bits per heavy atom. The number of carbonyl (C=O) groups is 4. The second-order valence-corrected chi connectivity index (χ2v) is 9.99. The van der Waals surface area contributed by atoms with E-state index in [2.05, 4.69) is 22.5 Å². The quantitative estimate of drug-likeness (QED) is 0.437. The van der Waals surface area contributed by atoms with Crippen LogP contribution in [0, 0.1) is 60.2 Å². The van der Waals surface area contributed by atoms with Gasteiger partial charge in [-0.1, -0.05) is 11.8 Å². The molecule has 2 aromatic carbocycles. The molecule has 194 valence electrons. The van der Waals surface area contributed by atoms with Crippen molar-refractivity contribution < 1.29 is 29.4 Å². The molecule has 0 radical (unpaired) electrons. The number of terminal acetylenes is 2. The van der Waals surface area contributed by atoms with Crippen molar-refractivity contribution in [3.8, 4) is 24.7 Å². The van der Waals surface area contributed by atoms with Crippen LogP contribution in [0.4, 0.5) is 11.4 Å². The number of nitrogens with one attached hydrogen (secondary N) is 2. The number of rotatable bonds is 6. The minimum atomic E-state index is -1.08. The van der Waals surface area contributed by atoms with Crippen LogP contribution in [-0.4, -0.2) is 34.0 Å². The largest absolute Gasteiger partial charge is 0.481 e. The molecule has 0 bridgehead atoms. The molecule has 2 amide bonds. The molecule has 2 aliphatic carbocycles. The summed E-state index contributed by atoms with van der Waals surface area (Å²) in [4.78, 5) is 50.6. The molecule has 0 aromatic heterocycles. The Balaban J connectivity index is 1.49. The third kappa shape index (κ3) is 5.71. The number of aliphatic carboxylic acids is 2. The standard InChI is InChI=1S/C30H28N2O6/c1-3-17-5-9-21(10-6-17)31-27(33)23-13-19-16-26(30(37)38)24(14-20(19)15-25(23)29(35)36)28(34)32-22-11-7-18(4-2)8-12-22/h1-2,5-12,19-20,23-26H,13-16H2,(H,31,33)(H,32,34)(H,35,36)(H,37,38). The van der Waals surface area contributed by atoms with Crippen molar-refractivity contribution in [3.63, 3.8) is 0 Å². The van der Waals surface area contributed by atoms with Crippen LogP contribution in [0.25, 0.3) is 0 Å². The van der Waals surface area contributed by atoms with Gasteiger partial charge in [0.15, 0.2) is 0 Å². The summed E-state index contributed by atoms with van der Waals surface area (Å²) in [6.45, 7) is 0. The second-order valence-electron chi connectivity index (χ2n) is 9.99. The van der Waals surface area contributed by atoms with Crippen molar-refractivity contribution in [2.24, 2.45) is 35.5 Å². The van der Waals surface area contributed by atoms with Crippen LogP contribution in [0.5, 0.6) is 0 Å². The number of amides is 2. The van der Waals surface area contributed by atoms with Gasteiger partial charge in [-0.15, -0.1) is 12.8 Å². The third-order valence-electron chi connectivity index (χ3n) is 7.81. The van der Waals surface area contributed by atoms with Crippen molar-refractivity contribution >= 4 is 35.1 Å². The highest BCUT2D eigenvalue weighted by atomic mass is 16.4. The lowest BCUT2D eigenvalue weighted by atomic mass is 9.58. The van der Waals surface area contributed by atoms with Gasteiger partial charge >= 0.3 is 11.9 Å². The molecule has 38 heavy (non-hydrogen) atoms. The van der Waals surface area contributed by atoms with Gasteiger partial charge in [0.25, 0.3) is 0 Å². The van der Waals surface area contributed by atoms with Gasteiger partial charge in [-0.25, -0.2) is 0 Å². The summed E-state index contributed by atoms with van der Waals surface area (Å²) in [6.07, 6.45) is 11.6. The lowest BCUT2D eigenvalue weighted by Crippen LogP contribution is -2.48.